The molecule has 1 N–H and O–H groups in total. The van der Waals surface area contributed by atoms with Crippen molar-refractivity contribution in [2.24, 2.45) is 0 Å². The first kappa shape index (κ1) is 16.8. The van der Waals surface area contributed by atoms with Gasteiger partial charge < -0.3 is 9.72 Å². The lowest BCUT2D eigenvalue weighted by Crippen LogP contribution is -2.26. The number of pyridine rings is 1. The number of carbonyl (C=O) groups is 1. The summed E-state index contributed by atoms with van der Waals surface area (Å²) >= 11 is 0. The van der Waals surface area contributed by atoms with Gasteiger partial charge in [0.05, 0.1) is 0 Å². The number of hydrogen-bond acceptors (Lipinski definition) is 4. The predicted molar refractivity (Wildman–Crippen MR) is 98.7 cm³/mol. The third-order valence-electron chi connectivity index (χ3n) is 4.15. The SMILES string of the molecule is O=C(NCCc1cccnc1)c1cn2ccnc(-c3ccc(F)cc3)c2n1. The number of hydrogen-bond donors (Lipinski definition) is 1. The van der Waals surface area contributed by atoms with Crippen LogP contribution < -0.4 is 5.32 Å². The fourth-order valence-electron chi connectivity index (χ4n) is 2.80. The molecular formula is C20H16FN5O. The van der Waals surface area contributed by atoms with Crippen molar-refractivity contribution < 1.29 is 9.18 Å². The van der Waals surface area contributed by atoms with Crippen LogP contribution >= 0.6 is 0 Å². The van der Waals surface area contributed by atoms with E-state index in [1.54, 1.807) is 47.5 Å². The van der Waals surface area contributed by atoms with Crippen molar-refractivity contribution in [1.29, 1.82) is 0 Å². The third-order valence-corrected chi connectivity index (χ3v) is 4.15. The second kappa shape index (κ2) is 7.33. The zero-order chi connectivity index (χ0) is 18.6. The molecule has 0 aliphatic carbocycles. The van der Waals surface area contributed by atoms with Crippen LogP contribution in [0.4, 0.5) is 4.39 Å². The van der Waals surface area contributed by atoms with Crippen LogP contribution in [0, 0.1) is 5.82 Å². The Labute approximate surface area is 154 Å². The Morgan fingerprint density at radius 3 is 2.78 bits per heavy atom. The Kier molecular flexibility index (Phi) is 4.57. The smallest absolute Gasteiger partial charge is 0.271 e. The Morgan fingerprint density at radius 1 is 1.15 bits per heavy atom. The molecule has 134 valence electrons. The second-order valence-corrected chi connectivity index (χ2v) is 6.01. The molecule has 3 heterocycles. The number of aromatic nitrogens is 4. The van der Waals surface area contributed by atoms with Crippen LogP contribution in [0.1, 0.15) is 16.1 Å². The number of imidazole rings is 1. The second-order valence-electron chi connectivity index (χ2n) is 6.01. The fraction of sp³-hybridized carbons (Fsp3) is 0.100. The molecule has 4 rings (SSSR count). The van der Waals surface area contributed by atoms with Crippen molar-refractivity contribution in [3.63, 3.8) is 0 Å². The van der Waals surface area contributed by atoms with E-state index < -0.39 is 0 Å². The van der Waals surface area contributed by atoms with E-state index in [2.05, 4.69) is 20.3 Å². The number of fused-ring (bicyclic) bond motifs is 1. The lowest BCUT2D eigenvalue weighted by molar-refractivity contribution is 0.0950. The number of nitrogens with zero attached hydrogens (tertiary/aromatic N) is 4. The number of rotatable bonds is 5. The van der Waals surface area contributed by atoms with E-state index in [4.69, 9.17) is 0 Å². The molecule has 6 nitrogen and oxygen atoms in total. The highest BCUT2D eigenvalue weighted by Gasteiger charge is 2.14. The maximum absolute atomic E-state index is 13.2. The van der Waals surface area contributed by atoms with E-state index in [0.29, 0.717) is 30.0 Å². The van der Waals surface area contributed by atoms with Gasteiger partial charge in [0.25, 0.3) is 5.91 Å². The Morgan fingerprint density at radius 2 is 2.00 bits per heavy atom. The average Bonchev–Trinajstić information content (AvgIpc) is 3.14. The van der Waals surface area contributed by atoms with E-state index in [0.717, 1.165) is 11.1 Å². The first-order valence-corrected chi connectivity index (χ1v) is 8.47. The maximum atomic E-state index is 13.2. The molecule has 0 saturated heterocycles. The van der Waals surface area contributed by atoms with Crippen molar-refractivity contribution in [3.8, 4) is 11.3 Å². The summed E-state index contributed by atoms with van der Waals surface area (Å²) in [6.45, 7) is 0.488. The molecule has 1 amide bonds. The number of carbonyl (C=O) groups excluding carboxylic acids is 1. The Hall–Kier alpha value is -3.61. The van der Waals surface area contributed by atoms with Crippen LogP contribution in [0.15, 0.2) is 67.4 Å². The standard InChI is InChI=1S/C20H16FN5O/c21-16-5-3-15(4-6-16)18-19-25-17(13-26(19)11-10-23-18)20(27)24-9-7-14-2-1-8-22-12-14/h1-6,8,10-13H,7,9H2,(H,24,27). The molecule has 0 atom stereocenters. The summed E-state index contributed by atoms with van der Waals surface area (Å²) in [6.07, 6.45) is 9.18. The van der Waals surface area contributed by atoms with E-state index in [1.807, 2.05) is 12.1 Å². The van der Waals surface area contributed by atoms with Gasteiger partial charge in [-0.1, -0.05) is 6.07 Å². The van der Waals surface area contributed by atoms with Gasteiger partial charge in [-0.05, 0) is 42.3 Å². The van der Waals surface area contributed by atoms with Crippen molar-refractivity contribution in [2.75, 3.05) is 6.54 Å². The van der Waals surface area contributed by atoms with Gasteiger partial charge in [0.15, 0.2) is 5.65 Å². The lowest BCUT2D eigenvalue weighted by Gasteiger charge is -2.03. The molecule has 0 saturated carbocycles. The monoisotopic (exact) mass is 361 g/mol. The number of benzene rings is 1. The highest BCUT2D eigenvalue weighted by Crippen LogP contribution is 2.22. The van der Waals surface area contributed by atoms with Crippen molar-refractivity contribution in [3.05, 3.63) is 84.5 Å². The average molecular weight is 361 g/mol. The Balaban J connectivity index is 1.53. The molecule has 0 bridgehead atoms. The molecule has 0 unspecified atom stereocenters. The minimum absolute atomic E-state index is 0.257. The molecule has 0 spiro atoms. The molecule has 0 aliphatic rings. The van der Waals surface area contributed by atoms with Gasteiger partial charge in [-0.25, -0.2) is 9.37 Å². The van der Waals surface area contributed by atoms with Crippen LogP contribution in [0.2, 0.25) is 0 Å². The third kappa shape index (κ3) is 3.67. The van der Waals surface area contributed by atoms with Crippen LogP contribution in [-0.4, -0.2) is 31.8 Å². The summed E-state index contributed by atoms with van der Waals surface area (Å²) in [6, 6.07) is 9.85. The van der Waals surface area contributed by atoms with Crippen molar-refractivity contribution >= 4 is 11.6 Å². The summed E-state index contributed by atoms with van der Waals surface area (Å²) < 4.78 is 14.9. The molecule has 0 aliphatic heterocycles. The van der Waals surface area contributed by atoms with E-state index in [-0.39, 0.29) is 11.7 Å². The molecule has 1 aromatic carbocycles. The first-order chi connectivity index (χ1) is 13.2. The molecule has 27 heavy (non-hydrogen) atoms. The Bertz CT molecular complexity index is 1080. The topological polar surface area (TPSA) is 72.2 Å². The quantitative estimate of drug-likeness (QED) is 0.593. The molecule has 7 heteroatoms. The summed E-state index contributed by atoms with van der Waals surface area (Å²) in [5.41, 5.74) is 3.22. The molecule has 3 aromatic heterocycles. The summed E-state index contributed by atoms with van der Waals surface area (Å²) in [5, 5.41) is 2.86. The normalized spacial score (nSPS) is 10.9. The van der Waals surface area contributed by atoms with Crippen molar-refractivity contribution in [1.82, 2.24) is 24.7 Å². The highest BCUT2D eigenvalue weighted by molar-refractivity contribution is 5.93. The summed E-state index contributed by atoms with van der Waals surface area (Å²) in [4.78, 5) is 25.2. The minimum Gasteiger partial charge on any atom is -0.350 e. The van der Waals surface area contributed by atoms with Gasteiger partial charge in [0.2, 0.25) is 0 Å². The van der Waals surface area contributed by atoms with E-state index in [9.17, 15) is 9.18 Å². The fourth-order valence-corrected chi connectivity index (χ4v) is 2.80. The summed E-state index contributed by atoms with van der Waals surface area (Å²) in [5.74, 6) is -0.574. The highest BCUT2D eigenvalue weighted by atomic mass is 19.1. The van der Waals surface area contributed by atoms with Crippen LogP contribution in [0.3, 0.4) is 0 Å². The maximum Gasteiger partial charge on any atom is 0.271 e. The van der Waals surface area contributed by atoms with Gasteiger partial charge in [-0.3, -0.25) is 14.8 Å². The molecule has 0 fully saturated rings. The zero-order valence-electron chi connectivity index (χ0n) is 14.3. The van der Waals surface area contributed by atoms with Gasteiger partial charge in [0, 0.05) is 43.1 Å². The van der Waals surface area contributed by atoms with Gasteiger partial charge >= 0.3 is 0 Å². The molecule has 4 aromatic rings. The minimum atomic E-state index is -0.317. The first-order valence-electron chi connectivity index (χ1n) is 8.47. The van der Waals surface area contributed by atoms with Crippen LogP contribution in [-0.2, 0) is 6.42 Å². The van der Waals surface area contributed by atoms with Gasteiger partial charge in [-0.15, -0.1) is 0 Å². The predicted octanol–water partition coefficient (Wildman–Crippen LogP) is 2.90. The number of amides is 1. The van der Waals surface area contributed by atoms with Gasteiger partial charge in [-0.2, -0.15) is 0 Å². The molecular weight excluding hydrogens is 345 g/mol. The number of halogens is 1. The van der Waals surface area contributed by atoms with Gasteiger partial charge in [0.1, 0.15) is 17.2 Å². The summed E-state index contributed by atoms with van der Waals surface area (Å²) in [7, 11) is 0. The van der Waals surface area contributed by atoms with E-state index in [1.165, 1.54) is 12.1 Å². The largest absolute Gasteiger partial charge is 0.350 e. The van der Waals surface area contributed by atoms with E-state index >= 15 is 0 Å². The van der Waals surface area contributed by atoms with Crippen LogP contribution in [0.25, 0.3) is 16.9 Å². The molecule has 0 radical (unpaired) electrons. The number of nitrogens with one attached hydrogen (secondary N) is 1. The van der Waals surface area contributed by atoms with Crippen molar-refractivity contribution in [2.45, 2.75) is 6.42 Å². The zero-order valence-corrected chi connectivity index (χ0v) is 14.3. The van der Waals surface area contributed by atoms with Crippen LogP contribution in [0.5, 0.6) is 0 Å². The lowest BCUT2D eigenvalue weighted by atomic mass is 10.1.